The fourth-order valence-corrected chi connectivity index (χ4v) is 2.89. The first-order valence-electron chi connectivity index (χ1n) is 9.23. The van der Waals surface area contributed by atoms with Crippen molar-refractivity contribution < 1.29 is 9.15 Å². The number of benzene rings is 2. The minimum atomic E-state index is 0.0293. The summed E-state index contributed by atoms with van der Waals surface area (Å²) in [6.07, 6.45) is 0. The molecular formula is C23H28N2O2. The van der Waals surface area contributed by atoms with E-state index in [-0.39, 0.29) is 10.8 Å². The largest absolute Gasteiger partial charge is 0.496 e. The van der Waals surface area contributed by atoms with Crippen molar-refractivity contribution in [1.29, 1.82) is 0 Å². The standard InChI is InChI=1S/C23H28N2O2/c1-22(2,3)16-12-15(13-17(14-16)23(4,5)6)20-24-25-21(27-20)18-10-8-9-11-19(18)26-7/h8-14H,1-7H3. The summed E-state index contributed by atoms with van der Waals surface area (Å²) in [5, 5.41) is 8.57. The fourth-order valence-electron chi connectivity index (χ4n) is 2.89. The van der Waals surface area contributed by atoms with Crippen LogP contribution in [0, 0.1) is 0 Å². The van der Waals surface area contributed by atoms with Gasteiger partial charge in [0.1, 0.15) is 5.75 Å². The van der Waals surface area contributed by atoms with E-state index >= 15 is 0 Å². The molecule has 0 bridgehead atoms. The Bertz CT molecular complexity index is 911. The molecule has 1 aromatic heterocycles. The molecule has 0 amide bonds. The van der Waals surface area contributed by atoms with E-state index < -0.39 is 0 Å². The van der Waals surface area contributed by atoms with Crippen LogP contribution in [0.5, 0.6) is 5.75 Å². The first kappa shape index (κ1) is 19.2. The lowest BCUT2D eigenvalue weighted by Crippen LogP contribution is -2.16. The number of ether oxygens (including phenoxy) is 1. The number of aromatic nitrogens is 2. The number of nitrogens with zero attached hydrogens (tertiary/aromatic N) is 2. The molecule has 0 unspecified atom stereocenters. The lowest BCUT2D eigenvalue weighted by atomic mass is 9.79. The van der Waals surface area contributed by atoms with Crippen LogP contribution in [0.1, 0.15) is 52.7 Å². The van der Waals surface area contributed by atoms with Crippen LogP contribution in [0.3, 0.4) is 0 Å². The summed E-state index contributed by atoms with van der Waals surface area (Å²) < 4.78 is 11.4. The summed E-state index contributed by atoms with van der Waals surface area (Å²) in [5.74, 6) is 1.69. The number of hydrogen-bond acceptors (Lipinski definition) is 4. The second-order valence-electron chi connectivity index (χ2n) is 8.91. The van der Waals surface area contributed by atoms with Crippen molar-refractivity contribution in [3.63, 3.8) is 0 Å². The lowest BCUT2D eigenvalue weighted by Gasteiger charge is -2.25. The quantitative estimate of drug-likeness (QED) is 0.571. The van der Waals surface area contributed by atoms with Crippen molar-refractivity contribution >= 4 is 0 Å². The van der Waals surface area contributed by atoms with E-state index in [0.29, 0.717) is 17.5 Å². The van der Waals surface area contributed by atoms with E-state index in [4.69, 9.17) is 9.15 Å². The summed E-state index contributed by atoms with van der Waals surface area (Å²) in [6.45, 7) is 13.3. The first-order valence-corrected chi connectivity index (χ1v) is 9.23. The van der Waals surface area contributed by atoms with E-state index in [0.717, 1.165) is 11.1 Å². The number of para-hydroxylation sites is 1. The predicted molar refractivity (Wildman–Crippen MR) is 109 cm³/mol. The van der Waals surface area contributed by atoms with Gasteiger partial charge >= 0.3 is 0 Å². The molecule has 0 saturated carbocycles. The van der Waals surface area contributed by atoms with Crippen molar-refractivity contribution in [2.45, 2.75) is 52.4 Å². The molecule has 0 aliphatic heterocycles. The highest BCUT2D eigenvalue weighted by Crippen LogP contribution is 2.35. The SMILES string of the molecule is COc1ccccc1-c1nnc(-c2cc(C(C)(C)C)cc(C(C)(C)C)c2)o1. The highest BCUT2D eigenvalue weighted by Gasteiger charge is 2.23. The molecule has 1 heterocycles. The number of methoxy groups -OCH3 is 1. The van der Waals surface area contributed by atoms with E-state index in [9.17, 15) is 0 Å². The second-order valence-corrected chi connectivity index (χ2v) is 8.91. The zero-order chi connectivity index (χ0) is 19.8. The van der Waals surface area contributed by atoms with Gasteiger partial charge in [0.25, 0.3) is 5.89 Å². The van der Waals surface area contributed by atoms with Crippen LogP contribution < -0.4 is 4.74 Å². The van der Waals surface area contributed by atoms with Crippen LogP contribution in [-0.4, -0.2) is 17.3 Å². The minimum absolute atomic E-state index is 0.0293. The Balaban J connectivity index is 2.11. The number of rotatable bonds is 3. The van der Waals surface area contributed by atoms with Gasteiger partial charge < -0.3 is 9.15 Å². The van der Waals surface area contributed by atoms with E-state index in [1.54, 1.807) is 7.11 Å². The molecule has 0 N–H and O–H groups in total. The summed E-state index contributed by atoms with van der Waals surface area (Å²) in [5.41, 5.74) is 4.30. The van der Waals surface area contributed by atoms with Crippen LogP contribution in [0.2, 0.25) is 0 Å². The molecule has 4 nitrogen and oxygen atoms in total. The predicted octanol–water partition coefficient (Wildman–Crippen LogP) is 6.01. The highest BCUT2D eigenvalue weighted by molar-refractivity contribution is 5.65. The van der Waals surface area contributed by atoms with Gasteiger partial charge in [-0.1, -0.05) is 59.7 Å². The minimum Gasteiger partial charge on any atom is -0.496 e. The van der Waals surface area contributed by atoms with Crippen molar-refractivity contribution in [2.24, 2.45) is 0 Å². The molecule has 0 fully saturated rings. The molecule has 0 aliphatic carbocycles. The maximum Gasteiger partial charge on any atom is 0.251 e. The Morgan fingerprint density at radius 3 is 1.89 bits per heavy atom. The molecule has 0 radical (unpaired) electrons. The highest BCUT2D eigenvalue weighted by atomic mass is 16.5. The van der Waals surface area contributed by atoms with Gasteiger partial charge in [-0.3, -0.25) is 0 Å². The van der Waals surface area contributed by atoms with E-state index in [1.807, 2.05) is 24.3 Å². The smallest absolute Gasteiger partial charge is 0.251 e. The van der Waals surface area contributed by atoms with Crippen LogP contribution >= 0.6 is 0 Å². The summed E-state index contributed by atoms with van der Waals surface area (Å²) in [4.78, 5) is 0. The molecule has 3 rings (SSSR count). The summed E-state index contributed by atoms with van der Waals surface area (Å²) in [6, 6.07) is 14.2. The molecule has 2 aromatic carbocycles. The lowest BCUT2D eigenvalue weighted by molar-refractivity contribution is 0.414. The Kier molecular flexibility index (Phi) is 4.85. The van der Waals surface area contributed by atoms with Gasteiger partial charge in [-0.2, -0.15) is 0 Å². The van der Waals surface area contributed by atoms with E-state index in [1.165, 1.54) is 11.1 Å². The second kappa shape index (κ2) is 6.84. The normalized spacial score (nSPS) is 12.3. The third kappa shape index (κ3) is 4.05. The molecule has 0 saturated heterocycles. The molecule has 4 heteroatoms. The molecular weight excluding hydrogens is 336 g/mol. The Hall–Kier alpha value is -2.62. The molecule has 3 aromatic rings. The maximum atomic E-state index is 6.03. The van der Waals surface area contributed by atoms with Crippen LogP contribution in [-0.2, 0) is 10.8 Å². The molecule has 0 spiro atoms. The number of hydrogen-bond donors (Lipinski definition) is 0. The third-order valence-electron chi connectivity index (χ3n) is 4.67. The van der Waals surface area contributed by atoms with Gasteiger partial charge in [-0.15, -0.1) is 10.2 Å². The van der Waals surface area contributed by atoms with Crippen molar-refractivity contribution in [1.82, 2.24) is 10.2 Å². The average molecular weight is 364 g/mol. The molecule has 0 aliphatic rings. The monoisotopic (exact) mass is 364 g/mol. The van der Waals surface area contributed by atoms with Gasteiger partial charge in [0, 0.05) is 5.56 Å². The van der Waals surface area contributed by atoms with Crippen molar-refractivity contribution in [3.05, 3.63) is 53.6 Å². The third-order valence-corrected chi connectivity index (χ3v) is 4.67. The zero-order valence-corrected chi connectivity index (χ0v) is 17.3. The van der Waals surface area contributed by atoms with Gasteiger partial charge in [0.2, 0.25) is 5.89 Å². The van der Waals surface area contributed by atoms with Crippen molar-refractivity contribution in [2.75, 3.05) is 7.11 Å². The fraction of sp³-hybridized carbons (Fsp3) is 0.391. The van der Waals surface area contributed by atoms with Gasteiger partial charge in [-0.25, -0.2) is 0 Å². The maximum absolute atomic E-state index is 6.03. The Labute approximate surface area is 161 Å². The summed E-state index contributed by atoms with van der Waals surface area (Å²) in [7, 11) is 1.64. The van der Waals surface area contributed by atoms with Crippen LogP contribution in [0.15, 0.2) is 46.9 Å². The van der Waals surface area contributed by atoms with Crippen molar-refractivity contribution in [3.8, 4) is 28.7 Å². The van der Waals surface area contributed by atoms with Crippen LogP contribution in [0.4, 0.5) is 0 Å². The summed E-state index contributed by atoms with van der Waals surface area (Å²) >= 11 is 0. The van der Waals surface area contributed by atoms with E-state index in [2.05, 4.69) is 69.9 Å². The van der Waals surface area contributed by atoms with Gasteiger partial charge in [-0.05, 0) is 46.2 Å². The first-order chi connectivity index (χ1) is 12.6. The van der Waals surface area contributed by atoms with Crippen LogP contribution in [0.25, 0.3) is 22.9 Å². The topological polar surface area (TPSA) is 48.2 Å². The van der Waals surface area contributed by atoms with Gasteiger partial charge in [0.15, 0.2) is 0 Å². The average Bonchev–Trinajstić information content (AvgIpc) is 3.09. The Morgan fingerprint density at radius 1 is 0.778 bits per heavy atom. The molecule has 0 atom stereocenters. The van der Waals surface area contributed by atoms with Gasteiger partial charge in [0.05, 0.1) is 12.7 Å². The molecule has 27 heavy (non-hydrogen) atoms. The molecule has 142 valence electrons. The zero-order valence-electron chi connectivity index (χ0n) is 17.3. The Morgan fingerprint density at radius 2 is 1.33 bits per heavy atom.